The average Bonchev–Trinajstić information content (AvgIpc) is 2.82. The van der Waals surface area contributed by atoms with Gasteiger partial charge >= 0.3 is 0 Å². The van der Waals surface area contributed by atoms with Crippen molar-refractivity contribution in [3.8, 4) is 0 Å². The van der Waals surface area contributed by atoms with E-state index in [0.29, 0.717) is 24.3 Å². The zero-order valence-corrected chi connectivity index (χ0v) is 19.1. The zero-order valence-electron chi connectivity index (χ0n) is 19.1. The number of fused-ring (bicyclic) bond motifs is 1. The Balaban J connectivity index is 1.24. The zero-order chi connectivity index (χ0) is 22.3. The number of rotatable bonds is 8. The molecule has 168 valence electrons. The molecule has 2 aromatic carbocycles. The second-order valence-electron chi connectivity index (χ2n) is 8.93. The smallest absolute Gasteiger partial charge is 0.225 e. The van der Waals surface area contributed by atoms with Gasteiger partial charge in [0.2, 0.25) is 11.9 Å². The first-order valence-electron chi connectivity index (χ1n) is 11.6. The molecule has 1 saturated carbocycles. The SMILES string of the molecule is CN(C)c1nc(NC2CCC(CNC(=O)CCc3ccccc3)CC2)nc2ccccc12. The van der Waals surface area contributed by atoms with Gasteiger partial charge < -0.3 is 15.5 Å². The second kappa shape index (κ2) is 10.4. The summed E-state index contributed by atoms with van der Waals surface area (Å²) in [7, 11) is 4.02. The first-order valence-corrected chi connectivity index (χ1v) is 11.6. The van der Waals surface area contributed by atoms with Gasteiger partial charge in [0.15, 0.2) is 0 Å². The summed E-state index contributed by atoms with van der Waals surface area (Å²) in [5.41, 5.74) is 2.17. The summed E-state index contributed by atoms with van der Waals surface area (Å²) in [5.74, 6) is 2.33. The monoisotopic (exact) mass is 431 g/mol. The van der Waals surface area contributed by atoms with Crippen LogP contribution in [-0.4, -0.2) is 42.6 Å². The van der Waals surface area contributed by atoms with Crippen LogP contribution in [0.15, 0.2) is 54.6 Å². The van der Waals surface area contributed by atoms with Crippen molar-refractivity contribution in [3.63, 3.8) is 0 Å². The van der Waals surface area contributed by atoms with Gasteiger partial charge in [-0.3, -0.25) is 4.79 Å². The van der Waals surface area contributed by atoms with E-state index in [1.807, 2.05) is 55.4 Å². The summed E-state index contributed by atoms with van der Waals surface area (Å²) in [4.78, 5) is 23.7. The third-order valence-electron chi connectivity index (χ3n) is 6.26. The van der Waals surface area contributed by atoms with Crippen molar-refractivity contribution < 1.29 is 4.79 Å². The second-order valence-corrected chi connectivity index (χ2v) is 8.93. The molecule has 6 nitrogen and oxygen atoms in total. The van der Waals surface area contributed by atoms with Crippen LogP contribution in [-0.2, 0) is 11.2 Å². The van der Waals surface area contributed by atoms with Crippen LogP contribution >= 0.6 is 0 Å². The molecule has 1 amide bonds. The molecule has 0 spiro atoms. The Morgan fingerprint density at radius 1 is 0.969 bits per heavy atom. The van der Waals surface area contributed by atoms with E-state index in [0.717, 1.165) is 55.4 Å². The summed E-state index contributed by atoms with van der Waals surface area (Å²) in [6, 6.07) is 18.7. The fourth-order valence-corrected chi connectivity index (χ4v) is 4.41. The van der Waals surface area contributed by atoms with E-state index < -0.39 is 0 Å². The fraction of sp³-hybridized carbons (Fsp3) is 0.423. The average molecular weight is 432 g/mol. The van der Waals surface area contributed by atoms with Crippen LogP contribution in [0.5, 0.6) is 0 Å². The number of hydrogen-bond acceptors (Lipinski definition) is 5. The number of para-hydroxylation sites is 1. The van der Waals surface area contributed by atoms with Crippen molar-refractivity contribution >= 4 is 28.6 Å². The molecule has 0 atom stereocenters. The summed E-state index contributed by atoms with van der Waals surface area (Å²) >= 11 is 0. The molecule has 0 saturated heterocycles. The minimum atomic E-state index is 0.148. The van der Waals surface area contributed by atoms with Gasteiger partial charge in [0, 0.05) is 38.5 Å². The number of aromatic nitrogens is 2. The molecule has 32 heavy (non-hydrogen) atoms. The molecule has 1 heterocycles. The Kier molecular flexibility index (Phi) is 7.20. The maximum absolute atomic E-state index is 12.2. The van der Waals surface area contributed by atoms with Gasteiger partial charge in [0.1, 0.15) is 5.82 Å². The quantitative estimate of drug-likeness (QED) is 0.553. The molecule has 0 bridgehead atoms. The molecular weight excluding hydrogens is 398 g/mol. The molecule has 0 radical (unpaired) electrons. The van der Waals surface area contributed by atoms with Crippen LogP contribution in [0.1, 0.15) is 37.7 Å². The van der Waals surface area contributed by atoms with Gasteiger partial charge in [-0.25, -0.2) is 4.98 Å². The van der Waals surface area contributed by atoms with Gasteiger partial charge in [-0.1, -0.05) is 42.5 Å². The topological polar surface area (TPSA) is 70.2 Å². The third-order valence-corrected chi connectivity index (χ3v) is 6.26. The number of nitrogens with one attached hydrogen (secondary N) is 2. The first-order chi connectivity index (χ1) is 15.6. The summed E-state index contributed by atoms with van der Waals surface area (Å²) in [5, 5.41) is 7.76. The van der Waals surface area contributed by atoms with Crippen molar-refractivity contribution in [1.29, 1.82) is 0 Å². The van der Waals surface area contributed by atoms with E-state index in [1.165, 1.54) is 5.56 Å². The largest absolute Gasteiger partial charge is 0.362 e. The molecule has 4 rings (SSSR count). The minimum absolute atomic E-state index is 0.148. The van der Waals surface area contributed by atoms with Crippen molar-refractivity contribution in [2.24, 2.45) is 5.92 Å². The number of nitrogens with zero attached hydrogens (tertiary/aromatic N) is 3. The first kappa shape index (κ1) is 22.1. The van der Waals surface area contributed by atoms with Crippen molar-refractivity contribution in [2.75, 3.05) is 30.9 Å². The molecule has 0 aliphatic heterocycles. The molecule has 1 fully saturated rings. The number of anilines is 2. The Bertz CT molecular complexity index is 1030. The highest BCUT2D eigenvalue weighted by Gasteiger charge is 2.22. The minimum Gasteiger partial charge on any atom is -0.362 e. The standard InChI is InChI=1S/C26H33N5O/c1-31(2)25-22-10-6-7-11-23(22)29-26(30-25)28-21-15-12-20(13-16-21)18-27-24(32)17-14-19-8-4-3-5-9-19/h3-11,20-21H,12-18H2,1-2H3,(H,27,32)(H,28,29,30). The van der Waals surface area contributed by atoms with Crippen LogP contribution in [0.3, 0.4) is 0 Å². The maximum atomic E-state index is 12.2. The van der Waals surface area contributed by atoms with E-state index in [4.69, 9.17) is 9.97 Å². The molecule has 6 heteroatoms. The van der Waals surface area contributed by atoms with E-state index in [1.54, 1.807) is 0 Å². The lowest BCUT2D eigenvalue weighted by Gasteiger charge is -2.29. The molecule has 1 aromatic heterocycles. The molecule has 2 N–H and O–H groups in total. The van der Waals surface area contributed by atoms with Crippen molar-refractivity contribution in [3.05, 3.63) is 60.2 Å². The maximum Gasteiger partial charge on any atom is 0.225 e. The lowest BCUT2D eigenvalue weighted by Crippen LogP contribution is -2.34. The Hall–Kier alpha value is -3.15. The number of benzene rings is 2. The number of amides is 1. The van der Waals surface area contributed by atoms with E-state index >= 15 is 0 Å². The van der Waals surface area contributed by atoms with Gasteiger partial charge in [-0.2, -0.15) is 4.98 Å². The highest BCUT2D eigenvalue weighted by atomic mass is 16.1. The van der Waals surface area contributed by atoms with E-state index in [2.05, 4.69) is 28.8 Å². The van der Waals surface area contributed by atoms with Gasteiger partial charge in [-0.15, -0.1) is 0 Å². The van der Waals surface area contributed by atoms with Crippen LogP contribution in [0.4, 0.5) is 11.8 Å². The van der Waals surface area contributed by atoms with Gasteiger partial charge in [-0.05, 0) is 55.7 Å². The number of carbonyl (C=O) groups excluding carboxylic acids is 1. The highest BCUT2D eigenvalue weighted by Crippen LogP contribution is 2.28. The molecular formula is C26H33N5O. The summed E-state index contributed by atoms with van der Waals surface area (Å²) in [6.07, 6.45) is 5.68. The third kappa shape index (κ3) is 5.75. The van der Waals surface area contributed by atoms with Crippen molar-refractivity contribution in [1.82, 2.24) is 15.3 Å². The Labute approximate surface area is 190 Å². The highest BCUT2D eigenvalue weighted by molar-refractivity contribution is 5.90. The predicted molar refractivity (Wildman–Crippen MR) is 131 cm³/mol. The number of carbonyl (C=O) groups is 1. The van der Waals surface area contributed by atoms with Crippen LogP contribution < -0.4 is 15.5 Å². The molecule has 1 aliphatic rings. The molecule has 1 aliphatic carbocycles. The number of aryl methyl sites for hydroxylation is 1. The van der Waals surface area contributed by atoms with Gasteiger partial charge in [0.25, 0.3) is 0 Å². The summed E-state index contributed by atoms with van der Waals surface area (Å²) < 4.78 is 0. The predicted octanol–water partition coefficient (Wildman–Crippen LogP) is 4.42. The normalized spacial score (nSPS) is 18.3. The van der Waals surface area contributed by atoms with Crippen LogP contribution in [0.2, 0.25) is 0 Å². The molecule has 3 aromatic rings. The lowest BCUT2D eigenvalue weighted by molar-refractivity contribution is -0.121. The Morgan fingerprint density at radius 3 is 2.44 bits per heavy atom. The summed E-state index contributed by atoms with van der Waals surface area (Å²) in [6.45, 7) is 0.775. The lowest BCUT2D eigenvalue weighted by atomic mass is 9.86. The number of hydrogen-bond donors (Lipinski definition) is 2. The molecule has 0 unspecified atom stereocenters. The fourth-order valence-electron chi connectivity index (χ4n) is 4.41. The Morgan fingerprint density at radius 2 is 1.69 bits per heavy atom. The van der Waals surface area contributed by atoms with E-state index in [9.17, 15) is 4.79 Å². The van der Waals surface area contributed by atoms with E-state index in [-0.39, 0.29) is 5.91 Å². The van der Waals surface area contributed by atoms with Crippen LogP contribution in [0, 0.1) is 5.92 Å². The van der Waals surface area contributed by atoms with Crippen molar-refractivity contribution in [2.45, 2.75) is 44.6 Å². The van der Waals surface area contributed by atoms with Gasteiger partial charge in [0.05, 0.1) is 5.52 Å². The van der Waals surface area contributed by atoms with Crippen LogP contribution in [0.25, 0.3) is 10.9 Å².